The van der Waals surface area contributed by atoms with Crippen molar-refractivity contribution in [2.24, 2.45) is 0 Å². The second kappa shape index (κ2) is 3.82. The monoisotopic (exact) mass is 284 g/mol. The third-order valence-corrected chi connectivity index (χ3v) is 2.14. The van der Waals surface area contributed by atoms with Gasteiger partial charge in [0.25, 0.3) is 0 Å². The molecule has 0 heterocycles. The Morgan fingerprint density at radius 1 is 1.17 bits per heavy atom. The molecule has 18 heavy (non-hydrogen) atoms. The number of rotatable bonds is 1. The molecule has 0 aromatic rings. The van der Waals surface area contributed by atoms with E-state index in [1.165, 1.54) is 0 Å². The van der Waals surface area contributed by atoms with Crippen LogP contribution in [0.25, 0.3) is 0 Å². The van der Waals surface area contributed by atoms with Gasteiger partial charge in [-0.2, -0.15) is 22.0 Å². The summed E-state index contributed by atoms with van der Waals surface area (Å²) in [7, 11) is 0. The molecule has 1 aliphatic rings. The fraction of sp³-hybridized carbons (Fsp3) is 0.625. The van der Waals surface area contributed by atoms with Crippen LogP contribution in [0.1, 0.15) is 6.92 Å². The number of alkyl halides is 6. The summed E-state index contributed by atoms with van der Waals surface area (Å²) in [6.45, 7) is 0.294. The van der Waals surface area contributed by atoms with Crippen molar-refractivity contribution >= 4 is 5.97 Å². The maximum atomic E-state index is 13.4. The Kier molecular flexibility index (Phi) is 3.12. The lowest BCUT2D eigenvalue weighted by Crippen LogP contribution is -2.65. The number of esters is 1. The van der Waals surface area contributed by atoms with Gasteiger partial charge >= 0.3 is 23.7 Å². The Labute approximate surface area is 94.2 Å². The molecule has 0 saturated heterocycles. The van der Waals surface area contributed by atoms with Gasteiger partial charge in [0.1, 0.15) is 0 Å². The second-order valence-electron chi connectivity index (χ2n) is 3.41. The zero-order chi connectivity index (χ0) is 14.5. The van der Waals surface area contributed by atoms with Crippen LogP contribution >= 0.6 is 0 Å². The smallest absolute Gasteiger partial charge is 0.388 e. The predicted molar refractivity (Wildman–Crippen MR) is 39.6 cm³/mol. The van der Waals surface area contributed by atoms with E-state index in [1.54, 1.807) is 0 Å². The molecule has 2 atom stereocenters. The van der Waals surface area contributed by atoms with Crippen LogP contribution in [0.5, 0.6) is 0 Å². The fourth-order valence-electron chi connectivity index (χ4n) is 1.24. The average Bonchev–Trinajstić information content (AvgIpc) is 2.22. The van der Waals surface area contributed by atoms with Crippen LogP contribution in [0.2, 0.25) is 0 Å². The van der Waals surface area contributed by atoms with Crippen molar-refractivity contribution in [2.75, 3.05) is 0 Å². The van der Waals surface area contributed by atoms with E-state index in [0.29, 0.717) is 6.92 Å². The number of carbonyl (C=O) groups excluding carboxylic acids is 1. The van der Waals surface area contributed by atoms with E-state index in [2.05, 4.69) is 4.74 Å². The summed E-state index contributed by atoms with van der Waals surface area (Å²) in [6.07, 6.45) is -4.38. The Morgan fingerprint density at radius 3 is 2.00 bits per heavy atom. The molecule has 0 fully saturated rings. The van der Waals surface area contributed by atoms with Gasteiger partial charge in [0.15, 0.2) is 5.83 Å². The van der Waals surface area contributed by atoms with E-state index < -0.39 is 41.5 Å². The first-order valence-corrected chi connectivity index (χ1v) is 4.23. The van der Waals surface area contributed by atoms with Crippen LogP contribution in [-0.2, 0) is 9.53 Å². The molecular formula is C8H4F8O2. The predicted octanol–water partition coefficient (Wildman–Crippen LogP) is 2.99. The summed E-state index contributed by atoms with van der Waals surface area (Å²) < 4.78 is 106. The van der Waals surface area contributed by atoms with Crippen molar-refractivity contribution < 1.29 is 44.7 Å². The van der Waals surface area contributed by atoms with Crippen molar-refractivity contribution in [1.29, 1.82) is 0 Å². The standard InChI is InChI=1S/C8H4F8O2/c1-2(17)18-7(14)5(11)3(9)4(10)6(12,13)8(7,15)16/h4H,1H3. The van der Waals surface area contributed by atoms with Crippen LogP contribution in [0, 0.1) is 0 Å². The summed E-state index contributed by atoms with van der Waals surface area (Å²) in [5, 5.41) is 0. The van der Waals surface area contributed by atoms with Gasteiger partial charge in [-0.3, -0.25) is 4.79 Å². The van der Waals surface area contributed by atoms with E-state index in [9.17, 15) is 39.9 Å². The van der Waals surface area contributed by atoms with Gasteiger partial charge < -0.3 is 4.74 Å². The van der Waals surface area contributed by atoms with Crippen molar-refractivity contribution in [1.82, 2.24) is 0 Å². The van der Waals surface area contributed by atoms with E-state index in [1.807, 2.05) is 0 Å². The first-order valence-electron chi connectivity index (χ1n) is 4.23. The van der Waals surface area contributed by atoms with Gasteiger partial charge in [-0.05, 0) is 0 Å². The zero-order valence-corrected chi connectivity index (χ0v) is 8.42. The van der Waals surface area contributed by atoms with Crippen LogP contribution in [0.3, 0.4) is 0 Å². The number of halogens is 8. The molecule has 1 rings (SSSR count). The molecule has 0 radical (unpaired) electrons. The van der Waals surface area contributed by atoms with Crippen molar-refractivity contribution in [2.45, 2.75) is 30.8 Å². The number of hydrogen-bond acceptors (Lipinski definition) is 2. The van der Waals surface area contributed by atoms with E-state index in [-0.39, 0.29) is 0 Å². The van der Waals surface area contributed by atoms with Crippen molar-refractivity contribution in [3.05, 3.63) is 11.7 Å². The molecule has 104 valence electrons. The van der Waals surface area contributed by atoms with Crippen molar-refractivity contribution in [3.8, 4) is 0 Å². The molecule has 1 aliphatic carbocycles. The minimum Gasteiger partial charge on any atom is -0.416 e. The summed E-state index contributed by atoms with van der Waals surface area (Å²) in [4.78, 5) is 10.3. The normalized spacial score (nSPS) is 34.4. The van der Waals surface area contributed by atoms with Crippen molar-refractivity contribution in [3.63, 3.8) is 0 Å². The molecule has 2 unspecified atom stereocenters. The highest BCUT2D eigenvalue weighted by molar-refractivity contribution is 5.67. The van der Waals surface area contributed by atoms with Gasteiger partial charge in [0, 0.05) is 6.92 Å². The largest absolute Gasteiger partial charge is 0.416 e. The van der Waals surface area contributed by atoms with Crippen LogP contribution < -0.4 is 0 Å². The highest BCUT2D eigenvalue weighted by Gasteiger charge is 2.82. The molecule has 10 heteroatoms. The number of allylic oxidation sites excluding steroid dienone is 1. The van der Waals surface area contributed by atoms with Crippen LogP contribution in [-0.4, -0.2) is 29.8 Å². The minimum absolute atomic E-state index is 0.294. The lowest BCUT2D eigenvalue weighted by atomic mass is 9.90. The summed E-state index contributed by atoms with van der Waals surface area (Å²) >= 11 is 0. The number of hydrogen-bond donors (Lipinski definition) is 0. The van der Waals surface area contributed by atoms with Gasteiger partial charge in [-0.25, -0.2) is 13.2 Å². The molecule has 0 saturated carbocycles. The van der Waals surface area contributed by atoms with E-state index >= 15 is 0 Å². The van der Waals surface area contributed by atoms with Crippen LogP contribution in [0.15, 0.2) is 11.7 Å². The fourth-order valence-corrected chi connectivity index (χ4v) is 1.24. The minimum atomic E-state index is -6.11. The quantitative estimate of drug-likeness (QED) is 0.546. The SMILES string of the molecule is CC(=O)OC1(F)C(F)=C(F)C(F)C(F)(F)C1(F)F. The van der Waals surface area contributed by atoms with Gasteiger partial charge in [-0.15, -0.1) is 0 Å². The molecule has 0 aliphatic heterocycles. The first-order chi connectivity index (χ1) is 7.89. The Hall–Kier alpha value is -1.35. The van der Waals surface area contributed by atoms with Gasteiger partial charge in [0.2, 0.25) is 12.0 Å². The van der Waals surface area contributed by atoms with Gasteiger partial charge in [-0.1, -0.05) is 0 Å². The highest BCUT2D eigenvalue weighted by Crippen LogP contribution is 2.57. The summed E-state index contributed by atoms with van der Waals surface area (Å²) in [5.41, 5.74) is 0. The second-order valence-corrected chi connectivity index (χ2v) is 3.41. The topological polar surface area (TPSA) is 26.3 Å². The molecule has 0 spiro atoms. The third kappa shape index (κ3) is 1.57. The highest BCUT2D eigenvalue weighted by atomic mass is 19.3. The summed E-state index contributed by atoms with van der Waals surface area (Å²) in [6, 6.07) is 0. The Bertz CT molecular complexity index is 417. The molecule has 0 aromatic heterocycles. The lowest BCUT2D eigenvalue weighted by molar-refractivity contribution is -0.347. The first kappa shape index (κ1) is 14.7. The Balaban J connectivity index is 3.53. The van der Waals surface area contributed by atoms with Gasteiger partial charge in [0.05, 0.1) is 0 Å². The molecule has 0 amide bonds. The number of ether oxygens (including phenoxy) is 1. The summed E-state index contributed by atoms with van der Waals surface area (Å²) in [5.74, 6) is -25.7. The van der Waals surface area contributed by atoms with E-state index in [0.717, 1.165) is 0 Å². The molecule has 2 nitrogen and oxygen atoms in total. The Morgan fingerprint density at radius 2 is 1.61 bits per heavy atom. The molecule has 0 aromatic carbocycles. The zero-order valence-electron chi connectivity index (χ0n) is 8.42. The third-order valence-electron chi connectivity index (χ3n) is 2.14. The van der Waals surface area contributed by atoms with Crippen LogP contribution in [0.4, 0.5) is 35.1 Å². The number of carbonyl (C=O) groups is 1. The molecular weight excluding hydrogens is 280 g/mol. The maximum Gasteiger partial charge on any atom is 0.388 e. The molecule has 0 bridgehead atoms. The lowest BCUT2D eigenvalue weighted by Gasteiger charge is -2.40. The average molecular weight is 284 g/mol. The molecule has 0 N–H and O–H groups in total. The maximum absolute atomic E-state index is 13.4. The van der Waals surface area contributed by atoms with E-state index in [4.69, 9.17) is 0 Å².